The molecule has 0 saturated carbocycles. The number of hydrogen-bond donors (Lipinski definition) is 3. The first-order valence-corrected chi connectivity index (χ1v) is 5.44. The molecule has 0 aliphatic rings. The van der Waals surface area contributed by atoms with Crippen LogP contribution in [0.1, 0.15) is 24.6 Å². The summed E-state index contributed by atoms with van der Waals surface area (Å²) >= 11 is 0. The molecule has 1 aromatic rings. The van der Waals surface area contributed by atoms with Gasteiger partial charge >= 0.3 is 0 Å². The number of nitrogens with one attached hydrogen (secondary N) is 1. The molecule has 5 nitrogen and oxygen atoms in total. The molecule has 0 radical (unpaired) electrons. The Bertz CT molecular complexity index is 403. The number of oxime groups is 1. The minimum absolute atomic E-state index is 0.0194. The molecule has 1 aromatic heterocycles. The van der Waals surface area contributed by atoms with Gasteiger partial charge in [0.1, 0.15) is 5.69 Å². The Morgan fingerprint density at radius 3 is 3.18 bits per heavy atom. The van der Waals surface area contributed by atoms with Gasteiger partial charge in [-0.25, -0.2) is 0 Å². The molecule has 0 saturated heterocycles. The van der Waals surface area contributed by atoms with E-state index in [-0.39, 0.29) is 5.84 Å². The largest absolute Gasteiger partial charge is 0.409 e. The number of hydrogen-bond acceptors (Lipinski definition) is 4. The maximum absolute atomic E-state index is 8.56. The lowest BCUT2D eigenvalue weighted by molar-refractivity contribution is 0.318. The fourth-order valence-corrected chi connectivity index (χ4v) is 1.40. The second-order valence-electron chi connectivity index (χ2n) is 3.84. The predicted molar refractivity (Wildman–Crippen MR) is 67.9 cm³/mol. The SMILES string of the molecule is C=CCC(C)NCc1ccnc(/C(N)=N/O)c1. The summed E-state index contributed by atoms with van der Waals surface area (Å²) in [6.07, 6.45) is 4.44. The van der Waals surface area contributed by atoms with Crippen molar-refractivity contribution in [2.75, 3.05) is 0 Å². The molecule has 17 heavy (non-hydrogen) atoms. The van der Waals surface area contributed by atoms with E-state index in [0.29, 0.717) is 18.3 Å². The second kappa shape index (κ2) is 6.65. The summed E-state index contributed by atoms with van der Waals surface area (Å²) in [7, 11) is 0. The van der Waals surface area contributed by atoms with Gasteiger partial charge in [0.2, 0.25) is 0 Å². The van der Waals surface area contributed by atoms with Crippen molar-refractivity contribution >= 4 is 5.84 Å². The average Bonchev–Trinajstić information content (AvgIpc) is 2.36. The maximum Gasteiger partial charge on any atom is 0.188 e. The highest BCUT2D eigenvalue weighted by atomic mass is 16.4. The molecule has 0 amide bonds. The molecule has 1 rings (SSSR count). The van der Waals surface area contributed by atoms with Gasteiger partial charge in [0.05, 0.1) is 0 Å². The van der Waals surface area contributed by atoms with Gasteiger partial charge in [0.15, 0.2) is 5.84 Å². The van der Waals surface area contributed by atoms with Crippen molar-refractivity contribution in [2.45, 2.75) is 25.9 Å². The van der Waals surface area contributed by atoms with Crippen molar-refractivity contribution in [3.05, 3.63) is 42.2 Å². The Labute approximate surface area is 101 Å². The standard InChI is InChI=1S/C12H18N4O/c1-3-4-9(2)15-8-10-5-6-14-11(7-10)12(13)16-17/h3,5-7,9,15,17H,1,4,8H2,2H3,(H2,13,16). The zero-order valence-corrected chi connectivity index (χ0v) is 9.93. The van der Waals surface area contributed by atoms with Crippen LogP contribution in [0.5, 0.6) is 0 Å². The summed E-state index contributed by atoms with van der Waals surface area (Å²) in [4.78, 5) is 4.01. The fourth-order valence-electron chi connectivity index (χ4n) is 1.40. The van der Waals surface area contributed by atoms with Crippen molar-refractivity contribution in [3.63, 3.8) is 0 Å². The molecule has 4 N–H and O–H groups in total. The summed E-state index contributed by atoms with van der Waals surface area (Å²) < 4.78 is 0. The first-order valence-electron chi connectivity index (χ1n) is 5.44. The Morgan fingerprint density at radius 2 is 2.53 bits per heavy atom. The number of rotatable bonds is 6. The van der Waals surface area contributed by atoms with Crippen LogP contribution in [0.15, 0.2) is 36.1 Å². The van der Waals surface area contributed by atoms with Gasteiger partial charge < -0.3 is 16.3 Å². The zero-order valence-electron chi connectivity index (χ0n) is 9.93. The molecule has 0 fully saturated rings. The monoisotopic (exact) mass is 234 g/mol. The molecule has 92 valence electrons. The van der Waals surface area contributed by atoms with E-state index in [2.05, 4.69) is 29.0 Å². The maximum atomic E-state index is 8.56. The molecular weight excluding hydrogens is 216 g/mol. The third kappa shape index (κ3) is 4.24. The highest BCUT2D eigenvalue weighted by Crippen LogP contribution is 2.03. The predicted octanol–water partition coefficient (Wildman–Crippen LogP) is 1.23. The normalized spacial score (nSPS) is 13.4. The van der Waals surface area contributed by atoms with Gasteiger partial charge in [-0.05, 0) is 31.0 Å². The fraction of sp³-hybridized carbons (Fsp3) is 0.333. The Hall–Kier alpha value is -1.88. The summed E-state index contributed by atoms with van der Waals surface area (Å²) in [6, 6.07) is 4.05. The van der Waals surface area contributed by atoms with Crippen molar-refractivity contribution in [1.29, 1.82) is 0 Å². The lowest BCUT2D eigenvalue weighted by Gasteiger charge is -2.11. The molecule has 1 heterocycles. The second-order valence-corrected chi connectivity index (χ2v) is 3.84. The number of nitrogens with zero attached hydrogens (tertiary/aromatic N) is 2. The van der Waals surface area contributed by atoms with E-state index in [1.54, 1.807) is 12.3 Å². The Morgan fingerprint density at radius 1 is 1.76 bits per heavy atom. The molecule has 0 aromatic carbocycles. The molecule has 1 unspecified atom stereocenters. The third-order valence-electron chi connectivity index (χ3n) is 2.37. The Kier molecular flexibility index (Phi) is 5.16. The third-order valence-corrected chi connectivity index (χ3v) is 2.37. The van der Waals surface area contributed by atoms with Crippen LogP contribution in [0.25, 0.3) is 0 Å². The van der Waals surface area contributed by atoms with Crippen LogP contribution in [0.4, 0.5) is 0 Å². The quantitative estimate of drug-likeness (QED) is 0.227. The highest BCUT2D eigenvalue weighted by molar-refractivity contribution is 5.95. The first-order chi connectivity index (χ1) is 8.17. The summed E-state index contributed by atoms with van der Waals surface area (Å²) in [5.74, 6) is 0.0194. The number of pyridine rings is 1. The van der Waals surface area contributed by atoms with Crippen LogP contribution >= 0.6 is 0 Å². The van der Waals surface area contributed by atoms with Crippen LogP contribution in [0.2, 0.25) is 0 Å². The van der Waals surface area contributed by atoms with E-state index in [1.165, 1.54) is 0 Å². The smallest absolute Gasteiger partial charge is 0.188 e. The highest BCUT2D eigenvalue weighted by Gasteiger charge is 2.03. The molecule has 1 atom stereocenters. The minimum Gasteiger partial charge on any atom is -0.409 e. The van der Waals surface area contributed by atoms with Crippen molar-refractivity contribution in [1.82, 2.24) is 10.3 Å². The molecule has 0 aliphatic carbocycles. The number of amidine groups is 1. The van der Waals surface area contributed by atoms with E-state index in [9.17, 15) is 0 Å². The average molecular weight is 234 g/mol. The zero-order chi connectivity index (χ0) is 12.7. The number of nitrogens with two attached hydrogens (primary N) is 1. The van der Waals surface area contributed by atoms with Crippen LogP contribution in [0, 0.1) is 0 Å². The topological polar surface area (TPSA) is 83.5 Å². The van der Waals surface area contributed by atoms with Gasteiger partial charge in [0, 0.05) is 18.8 Å². The van der Waals surface area contributed by atoms with Crippen LogP contribution in [0.3, 0.4) is 0 Å². The Balaban J connectivity index is 2.63. The lowest BCUT2D eigenvalue weighted by Crippen LogP contribution is -2.25. The molecule has 0 bridgehead atoms. The van der Waals surface area contributed by atoms with E-state index < -0.39 is 0 Å². The molecule has 0 spiro atoms. The van der Waals surface area contributed by atoms with Crippen LogP contribution in [-0.4, -0.2) is 22.1 Å². The van der Waals surface area contributed by atoms with E-state index in [4.69, 9.17) is 10.9 Å². The van der Waals surface area contributed by atoms with E-state index >= 15 is 0 Å². The van der Waals surface area contributed by atoms with Gasteiger partial charge in [-0.2, -0.15) is 0 Å². The van der Waals surface area contributed by atoms with E-state index in [1.807, 2.05) is 12.1 Å². The molecule has 0 aliphatic heterocycles. The van der Waals surface area contributed by atoms with Crippen LogP contribution in [-0.2, 0) is 6.54 Å². The van der Waals surface area contributed by atoms with Crippen molar-refractivity contribution in [2.24, 2.45) is 10.9 Å². The summed E-state index contributed by atoms with van der Waals surface area (Å²) in [5, 5.41) is 14.8. The van der Waals surface area contributed by atoms with Gasteiger partial charge in [-0.3, -0.25) is 4.98 Å². The minimum atomic E-state index is 0.0194. The van der Waals surface area contributed by atoms with Crippen molar-refractivity contribution < 1.29 is 5.21 Å². The van der Waals surface area contributed by atoms with Crippen molar-refractivity contribution in [3.8, 4) is 0 Å². The van der Waals surface area contributed by atoms with E-state index in [0.717, 1.165) is 12.0 Å². The molecular formula is C12H18N4O. The van der Waals surface area contributed by atoms with Gasteiger partial charge in [0.25, 0.3) is 0 Å². The van der Waals surface area contributed by atoms with Crippen LogP contribution < -0.4 is 11.1 Å². The lowest BCUT2D eigenvalue weighted by atomic mass is 10.2. The summed E-state index contributed by atoms with van der Waals surface area (Å²) in [6.45, 7) is 6.50. The summed E-state index contributed by atoms with van der Waals surface area (Å²) in [5.41, 5.74) is 6.99. The molecule has 5 heteroatoms. The number of aromatic nitrogens is 1. The van der Waals surface area contributed by atoms with Gasteiger partial charge in [-0.15, -0.1) is 6.58 Å². The first kappa shape index (κ1) is 13.2. The van der Waals surface area contributed by atoms with Gasteiger partial charge in [-0.1, -0.05) is 11.2 Å².